The highest BCUT2D eigenvalue weighted by molar-refractivity contribution is 9.10. The van der Waals surface area contributed by atoms with Crippen LogP contribution in [0.25, 0.3) is 0 Å². The van der Waals surface area contributed by atoms with Gasteiger partial charge < -0.3 is 10.1 Å². The van der Waals surface area contributed by atoms with Crippen LogP contribution in [0.2, 0.25) is 0 Å². The zero-order valence-electron chi connectivity index (χ0n) is 12.1. The van der Waals surface area contributed by atoms with E-state index >= 15 is 0 Å². The van der Waals surface area contributed by atoms with Gasteiger partial charge in [0.15, 0.2) is 0 Å². The lowest BCUT2D eigenvalue weighted by atomic mass is 10.0. The zero-order chi connectivity index (χ0) is 14.5. The average Bonchev–Trinajstić information content (AvgIpc) is 2.45. The first-order valence-corrected chi connectivity index (χ1v) is 7.54. The summed E-state index contributed by atoms with van der Waals surface area (Å²) in [5.74, 6) is 0.942. The summed E-state index contributed by atoms with van der Waals surface area (Å²) in [6.07, 6.45) is 0. The second kappa shape index (κ2) is 6.91. The summed E-state index contributed by atoms with van der Waals surface area (Å²) in [7, 11) is 1.96. The maximum Gasteiger partial charge on any atom is 0.124 e. The van der Waals surface area contributed by atoms with Crippen LogP contribution in [-0.4, -0.2) is 7.05 Å². The fourth-order valence-corrected chi connectivity index (χ4v) is 2.53. The van der Waals surface area contributed by atoms with Crippen molar-refractivity contribution in [2.24, 2.45) is 0 Å². The lowest BCUT2D eigenvalue weighted by molar-refractivity contribution is 0.300. The molecule has 0 aliphatic rings. The molecule has 2 aromatic carbocycles. The quantitative estimate of drug-likeness (QED) is 0.862. The number of hydrogen-bond acceptors (Lipinski definition) is 2. The van der Waals surface area contributed by atoms with E-state index in [0.717, 1.165) is 15.8 Å². The Morgan fingerprint density at radius 3 is 2.70 bits per heavy atom. The first-order chi connectivity index (χ1) is 9.60. The molecule has 20 heavy (non-hydrogen) atoms. The van der Waals surface area contributed by atoms with Gasteiger partial charge in [0.1, 0.15) is 12.4 Å². The van der Waals surface area contributed by atoms with Gasteiger partial charge in [-0.15, -0.1) is 0 Å². The standard InChI is InChI=1S/C17H20BrNO/c1-12-7-8-17(16(9-12)13(2)19-3)20-11-14-5-4-6-15(18)10-14/h4-10,13,19H,11H2,1-3H3. The molecule has 0 amide bonds. The van der Waals surface area contributed by atoms with E-state index in [1.165, 1.54) is 11.1 Å². The number of hydrogen-bond donors (Lipinski definition) is 1. The van der Waals surface area contributed by atoms with Crippen LogP contribution in [-0.2, 0) is 6.61 Å². The van der Waals surface area contributed by atoms with E-state index in [2.05, 4.69) is 65.4 Å². The SMILES string of the molecule is CNC(C)c1cc(C)ccc1OCc1cccc(Br)c1. The lowest BCUT2D eigenvalue weighted by Gasteiger charge is -2.17. The molecule has 0 saturated carbocycles. The van der Waals surface area contributed by atoms with Crippen LogP contribution >= 0.6 is 15.9 Å². The number of halogens is 1. The van der Waals surface area contributed by atoms with Gasteiger partial charge in [-0.3, -0.25) is 0 Å². The molecule has 3 heteroatoms. The molecule has 2 nitrogen and oxygen atoms in total. The molecule has 106 valence electrons. The fraction of sp³-hybridized carbons (Fsp3) is 0.294. The Hall–Kier alpha value is -1.32. The minimum atomic E-state index is 0.271. The van der Waals surface area contributed by atoms with Crippen molar-refractivity contribution in [3.63, 3.8) is 0 Å². The van der Waals surface area contributed by atoms with Gasteiger partial charge in [-0.25, -0.2) is 0 Å². The summed E-state index contributed by atoms with van der Waals surface area (Å²) < 4.78 is 7.07. The number of nitrogens with one attached hydrogen (secondary N) is 1. The van der Waals surface area contributed by atoms with Crippen LogP contribution in [0, 0.1) is 6.92 Å². The highest BCUT2D eigenvalue weighted by Gasteiger charge is 2.10. The molecule has 1 N–H and O–H groups in total. The van der Waals surface area contributed by atoms with E-state index in [0.29, 0.717) is 6.61 Å². The first kappa shape index (κ1) is 15.1. The average molecular weight is 334 g/mol. The third-order valence-electron chi connectivity index (χ3n) is 3.35. The molecule has 0 fully saturated rings. The smallest absolute Gasteiger partial charge is 0.124 e. The van der Waals surface area contributed by atoms with Crippen molar-refractivity contribution in [1.29, 1.82) is 0 Å². The normalized spacial score (nSPS) is 12.2. The van der Waals surface area contributed by atoms with Crippen molar-refractivity contribution >= 4 is 15.9 Å². The predicted molar refractivity (Wildman–Crippen MR) is 87.1 cm³/mol. The summed E-state index contributed by atoms with van der Waals surface area (Å²) in [6, 6.07) is 14.8. The van der Waals surface area contributed by atoms with E-state index in [1.807, 2.05) is 19.2 Å². The molecule has 0 saturated heterocycles. The van der Waals surface area contributed by atoms with Gasteiger partial charge in [0.2, 0.25) is 0 Å². The second-order valence-corrected chi connectivity index (χ2v) is 5.89. The molecule has 0 aromatic heterocycles. The molecule has 0 aliphatic carbocycles. The summed E-state index contributed by atoms with van der Waals surface area (Å²) in [6.45, 7) is 4.82. The van der Waals surface area contributed by atoms with E-state index in [-0.39, 0.29) is 6.04 Å². The molecule has 0 radical (unpaired) electrons. The Morgan fingerprint density at radius 2 is 2.00 bits per heavy atom. The van der Waals surface area contributed by atoms with E-state index < -0.39 is 0 Å². The lowest BCUT2D eigenvalue weighted by Crippen LogP contribution is -2.14. The van der Waals surface area contributed by atoms with Crippen LogP contribution in [0.1, 0.15) is 29.7 Å². The minimum absolute atomic E-state index is 0.271. The molecule has 0 heterocycles. The summed E-state index contributed by atoms with van der Waals surface area (Å²) in [5.41, 5.74) is 3.60. The third kappa shape index (κ3) is 3.84. The third-order valence-corrected chi connectivity index (χ3v) is 3.84. The molecular formula is C17H20BrNO. The van der Waals surface area contributed by atoms with Gasteiger partial charge in [0, 0.05) is 16.1 Å². The summed E-state index contributed by atoms with van der Waals surface area (Å²) >= 11 is 3.48. The Kier molecular flexibility index (Phi) is 5.21. The fourth-order valence-electron chi connectivity index (χ4n) is 2.08. The van der Waals surface area contributed by atoms with Gasteiger partial charge in [-0.2, -0.15) is 0 Å². The van der Waals surface area contributed by atoms with E-state index in [4.69, 9.17) is 4.74 Å². The van der Waals surface area contributed by atoms with Gasteiger partial charge in [0.25, 0.3) is 0 Å². The zero-order valence-corrected chi connectivity index (χ0v) is 13.7. The molecule has 1 unspecified atom stereocenters. The minimum Gasteiger partial charge on any atom is -0.489 e. The number of rotatable bonds is 5. The topological polar surface area (TPSA) is 21.3 Å². The number of ether oxygens (including phenoxy) is 1. The van der Waals surface area contributed by atoms with Crippen LogP contribution in [0.4, 0.5) is 0 Å². The molecule has 2 rings (SSSR count). The molecule has 1 atom stereocenters. The molecule has 0 aliphatic heterocycles. The van der Waals surface area contributed by atoms with Gasteiger partial charge in [-0.05, 0) is 44.7 Å². The Bertz CT molecular complexity index is 583. The van der Waals surface area contributed by atoms with Crippen LogP contribution in [0.15, 0.2) is 46.9 Å². The Morgan fingerprint density at radius 1 is 1.20 bits per heavy atom. The van der Waals surface area contributed by atoms with Gasteiger partial charge >= 0.3 is 0 Å². The highest BCUT2D eigenvalue weighted by atomic mass is 79.9. The molecular weight excluding hydrogens is 314 g/mol. The van der Waals surface area contributed by atoms with Crippen molar-refractivity contribution in [2.45, 2.75) is 26.5 Å². The first-order valence-electron chi connectivity index (χ1n) is 6.75. The Labute approximate surface area is 129 Å². The molecule has 0 bridgehead atoms. The van der Waals surface area contributed by atoms with Crippen molar-refractivity contribution in [3.8, 4) is 5.75 Å². The van der Waals surface area contributed by atoms with Crippen molar-refractivity contribution in [2.75, 3.05) is 7.05 Å². The van der Waals surface area contributed by atoms with Gasteiger partial charge in [0.05, 0.1) is 0 Å². The van der Waals surface area contributed by atoms with Gasteiger partial charge in [-0.1, -0.05) is 45.8 Å². The van der Waals surface area contributed by atoms with Crippen molar-refractivity contribution in [1.82, 2.24) is 5.32 Å². The summed E-state index contributed by atoms with van der Waals surface area (Å²) in [4.78, 5) is 0. The maximum atomic E-state index is 6.00. The van der Waals surface area contributed by atoms with Crippen LogP contribution < -0.4 is 10.1 Å². The Balaban J connectivity index is 2.16. The van der Waals surface area contributed by atoms with Crippen LogP contribution in [0.3, 0.4) is 0 Å². The van der Waals surface area contributed by atoms with Crippen LogP contribution in [0.5, 0.6) is 5.75 Å². The number of aryl methyl sites for hydroxylation is 1. The monoisotopic (exact) mass is 333 g/mol. The van der Waals surface area contributed by atoms with E-state index in [9.17, 15) is 0 Å². The second-order valence-electron chi connectivity index (χ2n) is 4.97. The van der Waals surface area contributed by atoms with Crippen molar-refractivity contribution < 1.29 is 4.74 Å². The highest BCUT2D eigenvalue weighted by Crippen LogP contribution is 2.27. The van der Waals surface area contributed by atoms with Crippen molar-refractivity contribution in [3.05, 3.63) is 63.6 Å². The predicted octanol–water partition coefficient (Wildman–Crippen LogP) is 4.62. The van der Waals surface area contributed by atoms with E-state index in [1.54, 1.807) is 0 Å². The molecule has 0 spiro atoms. The largest absolute Gasteiger partial charge is 0.489 e. The molecule has 2 aromatic rings. The summed E-state index contributed by atoms with van der Waals surface area (Å²) in [5, 5.41) is 3.27. The maximum absolute atomic E-state index is 6.00. The number of benzene rings is 2.